The molecule has 0 amide bonds. The number of piperidine rings is 1. The summed E-state index contributed by atoms with van der Waals surface area (Å²) >= 11 is 0. The predicted octanol–water partition coefficient (Wildman–Crippen LogP) is 0.645. The van der Waals surface area contributed by atoms with Crippen LogP contribution in [0.15, 0.2) is 0 Å². The molecule has 15 heavy (non-hydrogen) atoms. The first kappa shape index (κ1) is 12.0. The first-order valence-corrected chi connectivity index (χ1v) is 5.16. The summed E-state index contributed by atoms with van der Waals surface area (Å²) in [5.74, 6) is -2.82. The quantitative estimate of drug-likeness (QED) is 0.722. The second-order valence-electron chi connectivity index (χ2n) is 4.20. The number of hydrogen-bond acceptors (Lipinski definition) is 3. The van der Waals surface area contributed by atoms with E-state index < -0.39 is 23.9 Å². The first-order valence-electron chi connectivity index (χ1n) is 5.16. The Hall–Kier alpha value is -1.10. The van der Waals surface area contributed by atoms with Crippen LogP contribution in [-0.4, -0.2) is 45.7 Å². The average Bonchev–Trinajstić information content (AvgIpc) is 2.16. The van der Waals surface area contributed by atoms with Crippen LogP contribution in [0, 0.1) is 5.92 Å². The van der Waals surface area contributed by atoms with E-state index in [1.807, 2.05) is 13.8 Å². The van der Waals surface area contributed by atoms with Gasteiger partial charge in [0.1, 0.15) is 6.04 Å². The monoisotopic (exact) mass is 215 g/mol. The van der Waals surface area contributed by atoms with Gasteiger partial charge < -0.3 is 10.2 Å². The molecule has 1 aliphatic heterocycles. The van der Waals surface area contributed by atoms with Crippen molar-refractivity contribution in [2.24, 2.45) is 5.92 Å². The second kappa shape index (κ2) is 4.61. The fourth-order valence-electron chi connectivity index (χ4n) is 2.17. The predicted molar refractivity (Wildman–Crippen MR) is 53.6 cm³/mol. The van der Waals surface area contributed by atoms with Gasteiger partial charge in [0.25, 0.3) is 0 Å². The number of carbonyl (C=O) groups is 2. The van der Waals surface area contributed by atoms with E-state index in [2.05, 4.69) is 0 Å². The van der Waals surface area contributed by atoms with Gasteiger partial charge in [0.2, 0.25) is 0 Å². The van der Waals surface area contributed by atoms with Gasteiger partial charge in [-0.15, -0.1) is 0 Å². The van der Waals surface area contributed by atoms with Crippen LogP contribution in [-0.2, 0) is 9.59 Å². The molecule has 0 aromatic rings. The molecule has 2 N–H and O–H groups in total. The van der Waals surface area contributed by atoms with Crippen molar-refractivity contribution in [3.05, 3.63) is 0 Å². The molecule has 0 aromatic carbocycles. The highest BCUT2D eigenvalue weighted by molar-refractivity contribution is 5.82. The number of nitrogens with zero attached hydrogens (tertiary/aromatic N) is 1. The Kier molecular flexibility index (Phi) is 3.68. The Labute approximate surface area is 88.7 Å². The van der Waals surface area contributed by atoms with Crippen LogP contribution < -0.4 is 0 Å². The maximum atomic E-state index is 11.1. The summed E-state index contributed by atoms with van der Waals surface area (Å²) in [5, 5.41) is 18.0. The molecule has 1 aliphatic rings. The fraction of sp³-hybridized carbons (Fsp3) is 0.800. The number of carboxylic acids is 2. The van der Waals surface area contributed by atoms with Gasteiger partial charge in [0, 0.05) is 6.04 Å². The molecule has 0 aliphatic carbocycles. The molecule has 0 saturated carbocycles. The first-order chi connectivity index (χ1) is 6.95. The van der Waals surface area contributed by atoms with E-state index in [1.54, 1.807) is 4.90 Å². The molecular formula is C10H17NO4. The molecule has 86 valence electrons. The van der Waals surface area contributed by atoms with Gasteiger partial charge in [0.15, 0.2) is 0 Å². The van der Waals surface area contributed by atoms with Crippen molar-refractivity contribution in [2.75, 3.05) is 6.54 Å². The third-order valence-corrected chi connectivity index (χ3v) is 2.90. The minimum Gasteiger partial charge on any atom is -0.481 e. The van der Waals surface area contributed by atoms with E-state index in [-0.39, 0.29) is 6.04 Å². The molecule has 0 spiro atoms. The summed E-state index contributed by atoms with van der Waals surface area (Å²) in [7, 11) is 0. The Morgan fingerprint density at radius 2 is 1.87 bits per heavy atom. The highest BCUT2D eigenvalue weighted by atomic mass is 16.4. The van der Waals surface area contributed by atoms with Crippen LogP contribution in [0.25, 0.3) is 0 Å². The highest BCUT2D eigenvalue weighted by Gasteiger charge is 2.41. The van der Waals surface area contributed by atoms with Gasteiger partial charge in [-0.25, -0.2) is 0 Å². The fourth-order valence-corrected chi connectivity index (χ4v) is 2.17. The molecule has 0 radical (unpaired) electrons. The van der Waals surface area contributed by atoms with Crippen molar-refractivity contribution in [2.45, 2.75) is 38.8 Å². The van der Waals surface area contributed by atoms with Crippen LogP contribution in [0.3, 0.4) is 0 Å². The van der Waals surface area contributed by atoms with Crippen molar-refractivity contribution >= 4 is 11.9 Å². The van der Waals surface area contributed by atoms with Crippen LogP contribution in [0.5, 0.6) is 0 Å². The largest absolute Gasteiger partial charge is 0.481 e. The van der Waals surface area contributed by atoms with Gasteiger partial charge in [-0.3, -0.25) is 14.5 Å². The second-order valence-corrected chi connectivity index (χ2v) is 4.20. The normalized spacial score (nSPS) is 27.9. The number of carboxylic acid groups (broad SMARTS) is 2. The number of rotatable bonds is 3. The Bertz CT molecular complexity index is 264. The molecule has 0 unspecified atom stereocenters. The number of likely N-dealkylation sites (tertiary alicyclic amines) is 1. The van der Waals surface area contributed by atoms with Gasteiger partial charge in [-0.2, -0.15) is 0 Å². The zero-order valence-corrected chi connectivity index (χ0v) is 9.01. The van der Waals surface area contributed by atoms with E-state index in [0.29, 0.717) is 13.0 Å². The smallest absolute Gasteiger partial charge is 0.321 e. The lowest BCUT2D eigenvalue weighted by Gasteiger charge is -2.39. The van der Waals surface area contributed by atoms with Crippen molar-refractivity contribution in [3.63, 3.8) is 0 Å². The SMILES string of the molecule is CC(C)N1CCC[C@@H](C(=O)O)[C@@H]1C(=O)O. The lowest BCUT2D eigenvalue weighted by Crippen LogP contribution is -2.54. The summed E-state index contributed by atoms with van der Waals surface area (Å²) in [6.45, 7) is 4.44. The summed E-state index contributed by atoms with van der Waals surface area (Å²) in [5.41, 5.74) is 0. The van der Waals surface area contributed by atoms with Gasteiger partial charge in [-0.1, -0.05) is 0 Å². The molecule has 1 heterocycles. The van der Waals surface area contributed by atoms with Crippen LogP contribution >= 0.6 is 0 Å². The highest BCUT2D eigenvalue weighted by Crippen LogP contribution is 2.25. The van der Waals surface area contributed by atoms with Crippen molar-refractivity contribution in [3.8, 4) is 0 Å². The van der Waals surface area contributed by atoms with Gasteiger partial charge in [0.05, 0.1) is 5.92 Å². The lowest BCUT2D eigenvalue weighted by atomic mass is 9.88. The average molecular weight is 215 g/mol. The maximum absolute atomic E-state index is 11.1. The summed E-state index contributed by atoms with van der Waals surface area (Å²) < 4.78 is 0. The summed E-state index contributed by atoms with van der Waals surface area (Å²) in [6.07, 6.45) is 1.20. The van der Waals surface area contributed by atoms with E-state index in [4.69, 9.17) is 10.2 Å². The molecule has 1 fully saturated rings. The van der Waals surface area contributed by atoms with Crippen LogP contribution in [0.4, 0.5) is 0 Å². The molecule has 0 bridgehead atoms. The number of hydrogen-bond donors (Lipinski definition) is 2. The molecular weight excluding hydrogens is 198 g/mol. The molecule has 5 heteroatoms. The minimum absolute atomic E-state index is 0.0632. The summed E-state index contributed by atoms with van der Waals surface area (Å²) in [6, 6.07) is -0.815. The molecule has 0 aromatic heterocycles. The van der Waals surface area contributed by atoms with Gasteiger partial charge in [-0.05, 0) is 33.2 Å². The van der Waals surface area contributed by atoms with Crippen molar-refractivity contribution in [1.82, 2.24) is 4.90 Å². The molecule has 5 nitrogen and oxygen atoms in total. The Morgan fingerprint density at radius 3 is 2.27 bits per heavy atom. The third kappa shape index (κ3) is 2.47. The third-order valence-electron chi connectivity index (χ3n) is 2.90. The zero-order valence-electron chi connectivity index (χ0n) is 9.01. The van der Waals surface area contributed by atoms with Gasteiger partial charge >= 0.3 is 11.9 Å². The van der Waals surface area contributed by atoms with Crippen LogP contribution in [0.1, 0.15) is 26.7 Å². The summed E-state index contributed by atoms with van der Waals surface area (Å²) in [4.78, 5) is 23.8. The zero-order chi connectivity index (χ0) is 11.6. The standard InChI is InChI=1S/C10H17NO4/c1-6(2)11-5-3-4-7(9(12)13)8(11)10(14)15/h6-8H,3-5H2,1-2H3,(H,12,13)(H,14,15)/t7-,8-/m1/s1. The van der Waals surface area contributed by atoms with E-state index >= 15 is 0 Å². The molecule has 1 rings (SSSR count). The number of aliphatic carboxylic acids is 2. The molecule has 1 saturated heterocycles. The molecule has 2 atom stereocenters. The van der Waals surface area contributed by atoms with E-state index in [9.17, 15) is 9.59 Å². The van der Waals surface area contributed by atoms with Crippen LogP contribution in [0.2, 0.25) is 0 Å². The van der Waals surface area contributed by atoms with E-state index in [1.165, 1.54) is 0 Å². The Balaban J connectivity index is 2.90. The topological polar surface area (TPSA) is 77.8 Å². The minimum atomic E-state index is -1.03. The Morgan fingerprint density at radius 1 is 1.27 bits per heavy atom. The van der Waals surface area contributed by atoms with E-state index in [0.717, 1.165) is 6.42 Å². The van der Waals surface area contributed by atoms with Crippen molar-refractivity contribution < 1.29 is 19.8 Å². The van der Waals surface area contributed by atoms with Crippen molar-refractivity contribution in [1.29, 1.82) is 0 Å². The maximum Gasteiger partial charge on any atom is 0.321 e. The lowest BCUT2D eigenvalue weighted by molar-refractivity contribution is -0.159.